The molecule has 0 unspecified atom stereocenters. The zero-order valence-electron chi connectivity index (χ0n) is 16.8. The fourth-order valence-corrected chi connectivity index (χ4v) is 3.53. The first kappa shape index (κ1) is 20.8. The summed E-state index contributed by atoms with van der Waals surface area (Å²) >= 11 is 0. The highest BCUT2D eigenvalue weighted by Crippen LogP contribution is 2.34. The second-order valence-corrected chi connectivity index (χ2v) is 7.35. The highest BCUT2D eigenvalue weighted by molar-refractivity contribution is 5.93. The quantitative estimate of drug-likeness (QED) is 0.697. The van der Waals surface area contributed by atoms with E-state index in [1.165, 1.54) is 6.92 Å². The fourth-order valence-electron chi connectivity index (χ4n) is 3.53. The van der Waals surface area contributed by atoms with Crippen molar-refractivity contribution in [1.29, 1.82) is 0 Å². The Morgan fingerprint density at radius 2 is 1.69 bits per heavy atom. The number of piperidine rings is 1. The lowest BCUT2D eigenvalue weighted by Crippen LogP contribution is -2.45. The van der Waals surface area contributed by atoms with Gasteiger partial charge in [-0.2, -0.15) is 0 Å². The number of amides is 2. The van der Waals surface area contributed by atoms with Gasteiger partial charge in [-0.1, -0.05) is 12.1 Å². The monoisotopic (exact) mass is 397 g/mol. The molecule has 1 fully saturated rings. The summed E-state index contributed by atoms with van der Waals surface area (Å²) in [6.45, 7) is 2.97. The molecule has 1 saturated heterocycles. The minimum Gasteiger partial charge on any atom is -0.497 e. The number of nitrogens with one attached hydrogen (secondary N) is 2. The zero-order chi connectivity index (χ0) is 20.9. The number of carbonyl (C=O) groups excluding carboxylic acids is 2. The van der Waals surface area contributed by atoms with E-state index in [1.54, 1.807) is 31.4 Å². The third kappa shape index (κ3) is 5.56. The Bertz CT molecular complexity index is 859. The van der Waals surface area contributed by atoms with E-state index in [0.29, 0.717) is 37.3 Å². The Morgan fingerprint density at radius 1 is 1.07 bits per heavy atom. The molecule has 3 N–H and O–H groups in total. The van der Waals surface area contributed by atoms with Crippen LogP contribution in [-0.2, 0) is 15.2 Å². The first-order valence-electron chi connectivity index (χ1n) is 9.65. The molecule has 2 aromatic rings. The number of hydrogen-bond acceptors (Lipinski definition) is 5. The van der Waals surface area contributed by atoms with Gasteiger partial charge in [0.1, 0.15) is 5.75 Å². The van der Waals surface area contributed by atoms with Crippen LogP contribution < -0.4 is 15.4 Å². The van der Waals surface area contributed by atoms with Gasteiger partial charge < -0.3 is 20.5 Å². The molecule has 0 radical (unpaired) electrons. The van der Waals surface area contributed by atoms with E-state index in [9.17, 15) is 14.7 Å². The molecule has 0 atom stereocenters. The number of likely N-dealkylation sites (tertiary alicyclic amines) is 1. The van der Waals surface area contributed by atoms with Gasteiger partial charge in [0.05, 0.1) is 19.3 Å². The maximum Gasteiger partial charge on any atom is 0.238 e. The van der Waals surface area contributed by atoms with E-state index in [2.05, 4.69) is 10.6 Å². The van der Waals surface area contributed by atoms with Crippen LogP contribution in [0.2, 0.25) is 0 Å². The molecule has 7 heteroatoms. The Hall–Kier alpha value is -2.90. The van der Waals surface area contributed by atoms with Crippen LogP contribution in [0.4, 0.5) is 11.4 Å². The maximum absolute atomic E-state index is 12.4. The lowest BCUT2D eigenvalue weighted by atomic mass is 9.84. The van der Waals surface area contributed by atoms with Gasteiger partial charge in [-0.15, -0.1) is 0 Å². The summed E-state index contributed by atoms with van der Waals surface area (Å²) in [7, 11) is 1.61. The van der Waals surface area contributed by atoms with Crippen molar-refractivity contribution in [2.45, 2.75) is 25.4 Å². The second-order valence-electron chi connectivity index (χ2n) is 7.35. The number of hydrogen-bond donors (Lipinski definition) is 3. The largest absolute Gasteiger partial charge is 0.497 e. The summed E-state index contributed by atoms with van der Waals surface area (Å²) in [5.74, 6) is 0.479. The van der Waals surface area contributed by atoms with E-state index in [0.717, 1.165) is 11.3 Å². The molecule has 154 valence electrons. The molecule has 0 bridgehead atoms. The van der Waals surface area contributed by atoms with Crippen LogP contribution >= 0.6 is 0 Å². The third-order valence-electron chi connectivity index (χ3n) is 5.15. The number of benzene rings is 2. The van der Waals surface area contributed by atoms with E-state index in [4.69, 9.17) is 4.74 Å². The van der Waals surface area contributed by atoms with Crippen molar-refractivity contribution in [1.82, 2.24) is 4.90 Å². The van der Waals surface area contributed by atoms with Gasteiger partial charge in [-0.3, -0.25) is 14.5 Å². The van der Waals surface area contributed by atoms with Crippen LogP contribution in [0.5, 0.6) is 5.75 Å². The Labute approximate surface area is 170 Å². The van der Waals surface area contributed by atoms with E-state index < -0.39 is 5.60 Å². The number of rotatable bonds is 6. The molecule has 0 aliphatic carbocycles. The first-order valence-corrected chi connectivity index (χ1v) is 9.65. The van der Waals surface area contributed by atoms with E-state index >= 15 is 0 Å². The number of ether oxygens (including phenoxy) is 1. The van der Waals surface area contributed by atoms with E-state index in [-0.39, 0.29) is 18.4 Å². The molecule has 1 aliphatic heterocycles. The van der Waals surface area contributed by atoms with Crippen LogP contribution in [0.3, 0.4) is 0 Å². The SMILES string of the molecule is COc1cccc(C2(O)CCN(CC(=O)Nc3ccc(NC(C)=O)cc3)CC2)c1. The smallest absolute Gasteiger partial charge is 0.238 e. The van der Waals surface area contributed by atoms with Gasteiger partial charge in [-0.05, 0) is 54.8 Å². The summed E-state index contributed by atoms with van der Waals surface area (Å²) in [5, 5.41) is 16.6. The number of aliphatic hydroxyl groups is 1. The third-order valence-corrected chi connectivity index (χ3v) is 5.15. The molecule has 0 spiro atoms. The van der Waals surface area contributed by atoms with Crippen LogP contribution in [0, 0.1) is 0 Å². The minimum absolute atomic E-state index is 0.107. The summed E-state index contributed by atoms with van der Waals surface area (Å²) in [6, 6.07) is 14.5. The number of carbonyl (C=O) groups is 2. The minimum atomic E-state index is -0.902. The van der Waals surface area contributed by atoms with Crippen molar-refractivity contribution in [3.63, 3.8) is 0 Å². The predicted molar refractivity (Wildman–Crippen MR) is 112 cm³/mol. The average molecular weight is 397 g/mol. The predicted octanol–water partition coefficient (Wildman–Crippen LogP) is 2.58. The van der Waals surface area contributed by atoms with Crippen molar-refractivity contribution in [3.05, 3.63) is 54.1 Å². The maximum atomic E-state index is 12.4. The molecule has 2 aromatic carbocycles. The summed E-state index contributed by atoms with van der Waals surface area (Å²) in [6.07, 6.45) is 1.11. The molecular weight excluding hydrogens is 370 g/mol. The van der Waals surface area contributed by atoms with Gasteiger partial charge in [-0.25, -0.2) is 0 Å². The average Bonchev–Trinajstić information content (AvgIpc) is 2.71. The van der Waals surface area contributed by atoms with Crippen molar-refractivity contribution in [2.24, 2.45) is 0 Å². The van der Waals surface area contributed by atoms with Crippen LogP contribution in [0.15, 0.2) is 48.5 Å². The van der Waals surface area contributed by atoms with Crippen LogP contribution in [0.1, 0.15) is 25.3 Å². The van der Waals surface area contributed by atoms with Gasteiger partial charge in [0.15, 0.2) is 0 Å². The second kappa shape index (κ2) is 9.07. The standard InChI is InChI=1S/C22H27N3O4/c1-16(26)23-18-6-8-19(9-7-18)24-21(27)15-25-12-10-22(28,11-13-25)17-4-3-5-20(14-17)29-2/h3-9,14,28H,10-13,15H2,1-2H3,(H,23,26)(H,24,27). The Kier molecular flexibility index (Phi) is 6.51. The van der Waals surface area contributed by atoms with Gasteiger partial charge in [0, 0.05) is 31.4 Å². The molecule has 3 rings (SSSR count). The molecule has 7 nitrogen and oxygen atoms in total. The Balaban J connectivity index is 1.51. The molecular formula is C22H27N3O4. The van der Waals surface area contributed by atoms with Crippen molar-refractivity contribution >= 4 is 23.2 Å². The highest BCUT2D eigenvalue weighted by atomic mass is 16.5. The fraction of sp³-hybridized carbons (Fsp3) is 0.364. The van der Waals surface area contributed by atoms with Crippen molar-refractivity contribution in [3.8, 4) is 5.75 Å². The Morgan fingerprint density at radius 3 is 2.28 bits per heavy atom. The van der Waals surface area contributed by atoms with Gasteiger partial charge >= 0.3 is 0 Å². The topological polar surface area (TPSA) is 90.9 Å². The molecule has 0 saturated carbocycles. The van der Waals surface area contributed by atoms with Gasteiger partial charge in [0.25, 0.3) is 0 Å². The zero-order valence-corrected chi connectivity index (χ0v) is 16.8. The lowest BCUT2D eigenvalue weighted by Gasteiger charge is -2.38. The first-order chi connectivity index (χ1) is 13.9. The van der Waals surface area contributed by atoms with Crippen molar-refractivity contribution in [2.75, 3.05) is 37.4 Å². The summed E-state index contributed by atoms with van der Waals surface area (Å²) in [5.41, 5.74) is 1.30. The van der Waals surface area contributed by atoms with Gasteiger partial charge in [0.2, 0.25) is 11.8 Å². The lowest BCUT2D eigenvalue weighted by molar-refractivity contribution is -0.118. The highest BCUT2D eigenvalue weighted by Gasteiger charge is 2.34. The van der Waals surface area contributed by atoms with E-state index in [1.807, 2.05) is 29.2 Å². The molecule has 0 aromatic heterocycles. The normalized spacial score (nSPS) is 16.1. The molecule has 29 heavy (non-hydrogen) atoms. The summed E-state index contributed by atoms with van der Waals surface area (Å²) < 4.78 is 5.25. The molecule has 1 aliphatic rings. The van der Waals surface area contributed by atoms with Crippen LogP contribution in [0.25, 0.3) is 0 Å². The van der Waals surface area contributed by atoms with Crippen LogP contribution in [-0.4, -0.2) is 48.6 Å². The van der Waals surface area contributed by atoms with Crippen molar-refractivity contribution < 1.29 is 19.4 Å². The number of nitrogens with zero attached hydrogens (tertiary/aromatic N) is 1. The molecule has 1 heterocycles. The molecule has 2 amide bonds. The summed E-state index contributed by atoms with van der Waals surface area (Å²) in [4.78, 5) is 25.4. The number of anilines is 2. The number of methoxy groups -OCH3 is 1.